The average molecular weight is 193 g/mol. The van der Waals surface area contributed by atoms with Crippen LogP contribution in [0, 0.1) is 0 Å². The maximum absolute atomic E-state index is 11.1. The topological polar surface area (TPSA) is 57.6 Å². The van der Waals surface area contributed by atoms with Gasteiger partial charge in [-0.2, -0.15) is 3.89 Å². The van der Waals surface area contributed by atoms with Crippen LogP contribution in [0.4, 0.5) is 0 Å². The van der Waals surface area contributed by atoms with E-state index in [0.29, 0.717) is 19.6 Å². The molecule has 3 rings (SSSR count). The Labute approximate surface area is 72.0 Å². The molecular formula is C6H13N2O3S+. The van der Waals surface area contributed by atoms with Crippen LogP contribution in [-0.4, -0.2) is 61.0 Å². The fraction of sp³-hybridized carbons (Fsp3) is 1.00. The van der Waals surface area contributed by atoms with Crippen LogP contribution in [0.5, 0.6) is 0 Å². The third-order valence-electron chi connectivity index (χ3n) is 2.96. The van der Waals surface area contributed by atoms with Crippen LogP contribution >= 0.6 is 0 Å². The van der Waals surface area contributed by atoms with Gasteiger partial charge in [0.1, 0.15) is 19.6 Å². The van der Waals surface area contributed by atoms with Crippen LogP contribution in [0.2, 0.25) is 0 Å². The van der Waals surface area contributed by atoms with E-state index in [1.54, 1.807) is 0 Å². The van der Waals surface area contributed by atoms with Gasteiger partial charge in [-0.25, -0.2) is 4.55 Å². The molecule has 70 valence electrons. The van der Waals surface area contributed by atoms with E-state index in [-0.39, 0.29) is 3.89 Å². The minimum absolute atomic E-state index is 0.108. The molecular weight excluding hydrogens is 180 g/mol. The number of piperazine rings is 3. The van der Waals surface area contributed by atoms with Gasteiger partial charge in [0, 0.05) is 19.6 Å². The SMILES string of the molecule is O=S(=O)(O)[N+]12CCN(CC1)CC2. The molecule has 0 aromatic heterocycles. The lowest BCUT2D eigenvalue weighted by Gasteiger charge is -2.46. The van der Waals surface area contributed by atoms with E-state index in [0.717, 1.165) is 19.6 Å². The van der Waals surface area contributed by atoms with Crippen molar-refractivity contribution < 1.29 is 16.9 Å². The van der Waals surface area contributed by atoms with Crippen molar-refractivity contribution >= 4 is 10.3 Å². The smallest absolute Gasteiger partial charge is 0.287 e. The monoisotopic (exact) mass is 193 g/mol. The Morgan fingerprint density at radius 1 is 1.08 bits per heavy atom. The molecule has 5 nitrogen and oxygen atoms in total. The zero-order valence-electron chi connectivity index (χ0n) is 6.81. The number of fused-ring (bicyclic) bond motifs is 3. The highest BCUT2D eigenvalue weighted by molar-refractivity contribution is 7.80. The van der Waals surface area contributed by atoms with Gasteiger partial charge < -0.3 is 0 Å². The molecule has 3 aliphatic heterocycles. The van der Waals surface area contributed by atoms with Gasteiger partial charge in [0.2, 0.25) is 0 Å². The van der Waals surface area contributed by atoms with Gasteiger partial charge >= 0.3 is 10.3 Å². The van der Waals surface area contributed by atoms with Gasteiger partial charge in [0.15, 0.2) is 0 Å². The second kappa shape index (κ2) is 2.41. The summed E-state index contributed by atoms with van der Waals surface area (Å²) in [5, 5.41) is 0. The quantitative estimate of drug-likeness (QED) is 0.426. The van der Waals surface area contributed by atoms with E-state index in [1.165, 1.54) is 0 Å². The maximum atomic E-state index is 11.1. The first kappa shape index (κ1) is 8.43. The molecule has 0 saturated carbocycles. The number of hydrogen-bond acceptors (Lipinski definition) is 3. The lowest BCUT2D eigenvalue weighted by Crippen LogP contribution is -2.69. The van der Waals surface area contributed by atoms with Crippen molar-refractivity contribution in [3.05, 3.63) is 0 Å². The Balaban J connectivity index is 2.31. The maximum Gasteiger partial charge on any atom is 0.433 e. The zero-order chi connectivity index (χ0) is 8.82. The fourth-order valence-electron chi connectivity index (χ4n) is 1.99. The second-order valence-corrected chi connectivity index (χ2v) is 5.19. The molecule has 0 aliphatic carbocycles. The fourth-order valence-corrected chi connectivity index (χ4v) is 2.93. The highest BCUT2D eigenvalue weighted by Crippen LogP contribution is 2.22. The Morgan fingerprint density at radius 3 is 1.75 bits per heavy atom. The van der Waals surface area contributed by atoms with E-state index in [1.807, 2.05) is 0 Å². The molecule has 3 fully saturated rings. The van der Waals surface area contributed by atoms with Crippen LogP contribution in [0.3, 0.4) is 0 Å². The van der Waals surface area contributed by atoms with Crippen molar-refractivity contribution in [3.8, 4) is 0 Å². The molecule has 3 aliphatic rings. The number of rotatable bonds is 1. The van der Waals surface area contributed by atoms with Gasteiger partial charge in [-0.3, -0.25) is 4.90 Å². The highest BCUT2D eigenvalue weighted by atomic mass is 32.2. The number of hydrogen-bond donors (Lipinski definition) is 1. The van der Waals surface area contributed by atoms with Gasteiger partial charge in [-0.1, -0.05) is 0 Å². The lowest BCUT2D eigenvalue weighted by atomic mass is 10.2. The summed E-state index contributed by atoms with van der Waals surface area (Å²) < 4.78 is 31.1. The van der Waals surface area contributed by atoms with Crippen molar-refractivity contribution in [3.63, 3.8) is 0 Å². The molecule has 0 aromatic carbocycles. The third kappa shape index (κ3) is 1.06. The summed E-state index contributed by atoms with van der Waals surface area (Å²) in [6.45, 7) is 4.00. The van der Waals surface area contributed by atoms with Gasteiger partial charge in [-0.05, 0) is 0 Å². The molecule has 2 bridgehead atoms. The molecule has 0 atom stereocenters. The first-order valence-electron chi connectivity index (χ1n) is 4.10. The van der Waals surface area contributed by atoms with Crippen molar-refractivity contribution in [2.75, 3.05) is 39.3 Å². The standard InChI is InChI=1S/C6H12N2O3S/c9-12(10,11)8-4-1-7(2-5-8)3-6-8/h1-6H2/p+1. The lowest BCUT2D eigenvalue weighted by molar-refractivity contribution is -0.827. The Morgan fingerprint density at radius 2 is 1.50 bits per heavy atom. The van der Waals surface area contributed by atoms with Crippen LogP contribution in [0.15, 0.2) is 0 Å². The van der Waals surface area contributed by atoms with E-state index in [2.05, 4.69) is 4.90 Å². The first-order valence-corrected chi connectivity index (χ1v) is 5.49. The Kier molecular flexibility index (Phi) is 1.69. The van der Waals surface area contributed by atoms with Gasteiger partial charge in [0.05, 0.1) is 0 Å². The van der Waals surface area contributed by atoms with Crippen LogP contribution < -0.4 is 0 Å². The van der Waals surface area contributed by atoms with Crippen LogP contribution in [0.25, 0.3) is 0 Å². The van der Waals surface area contributed by atoms with Crippen molar-refractivity contribution in [2.24, 2.45) is 0 Å². The summed E-state index contributed by atoms with van der Waals surface area (Å²) in [6, 6.07) is 0. The van der Waals surface area contributed by atoms with Gasteiger partial charge in [-0.15, -0.1) is 8.42 Å². The van der Waals surface area contributed by atoms with E-state index in [9.17, 15) is 8.42 Å². The Hall–Kier alpha value is -0.170. The molecule has 3 saturated heterocycles. The zero-order valence-corrected chi connectivity index (χ0v) is 7.63. The van der Waals surface area contributed by atoms with Gasteiger partial charge in [0.25, 0.3) is 0 Å². The highest BCUT2D eigenvalue weighted by Gasteiger charge is 2.47. The molecule has 0 unspecified atom stereocenters. The summed E-state index contributed by atoms with van der Waals surface area (Å²) in [4.78, 5) is 2.23. The average Bonchev–Trinajstić information content (AvgIpc) is 2.06. The number of nitrogens with zero attached hydrogens (tertiary/aromatic N) is 2. The van der Waals surface area contributed by atoms with E-state index in [4.69, 9.17) is 4.55 Å². The van der Waals surface area contributed by atoms with Crippen LogP contribution in [-0.2, 0) is 10.3 Å². The molecule has 0 aromatic rings. The molecule has 12 heavy (non-hydrogen) atoms. The first-order chi connectivity index (χ1) is 5.54. The second-order valence-electron chi connectivity index (χ2n) is 3.52. The molecule has 0 spiro atoms. The summed E-state index contributed by atoms with van der Waals surface area (Å²) >= 11 is 0. The predicted octanol–water partition coefficient (Wildman–Crippen LogP) is -1.06. The molecule has 1 N–H and O–H groups in total. The van der Waals surface area contributed by atoms with E-state index >= 15 is 0 Å². The number of quaternary nitrogens is 1. The predicted molar refractivity (Wildman–Crippen MR) is 42.9 cm³/mol. The normalized spacial score (nSPS) is 41.6. The molecule has 6 heteroatoms. The molecule has 0 radical (unpaired) electrons. The minimum Gasteiger partial charge on any atom is -0.287 e. The van der Waals surface area contributed by atoms with Crippen molar-refractivity contribution in [2.45, 2.75) is 0 Å². The summed E-state index contributed by atoms with van der Waals surface area (Å²) in [7, 11) is -3.89. The van der Waals surface area contributed by atoms with Crippen molar-refractivity contribution in [1.82, 2.24) is 4.90 Å². The summed E-state index contributed by atoms with van der Waals surface area (Å²) in [5.74, 6) is 0. The van der Waals surface area contributed by atoms with Crippen LogP contribution in [0.1, 0.15) is 0 Å². The largest absolute Gasteiger partial charge is 0.433 e. The van der Waals surface area contributed by atoms with Crippen molar-refractivity contribution in [1.29, 1.82) is 0 Å². The summed E-state index contributed by atoms with van der Waals surface area (Å²) in [5.41, 5.74) is 0. The minimum atomic E-state index is -3.89. The molecule has 0 amide bonds. The van der Waals surface area contributed by atoms with E-state index < -0.39 is 10.3 Å². The third-order valence-corrected chi connectivity index (χ3v) is 4.49. The molecule has 3 heterocycles. The Bertz CT molecular complexity index is 265. The summed E-state index contributed by atoms with van der Waals surface area (Å²) in [6.07, 6.45) is 0.